The molecule has 0 amide bonds. The summed E-state index contributed by atoms with van der Waals surface area (Å²) in [6.45, 7) is -0.0473. The summed E-state index contributed by atoms with van der Waals surface area (Å²) in [5, 5.41) is 3.55. The zero-order valence-corrected chi connectivity index (χ0v) is 8.62. The zero-order valence-electron chi connectivity index (χ0n) is 6.28. The lowest BCUT2D eigenvalue weighted by molar-refractivity contribution is 0.513. The fourth-order valence-electron chi connectivity index (χ4n) is 0.798. The number of alkyl halides is 1. The van der Waals surface area contributed by atoms with Gasteiger partial charge >= 0.3 is 0 Å². The van der Waals surface area contributed by atoms with Crippen LogP contribution in [0.15, 0.2) is 22.7 Å². The van der Waals surface area contributed by atoms with Gasteiger partial charge in [-0.3, -0.25) is 0 Å². The van der Waals surface area contributed by atoms with Crippen molar-refractivity contribution in [3.8, 4) is 0 Å². The Balaban J connectivity index is 2.69. The number of nitrogens with one attached hydrogen (secondary N) is 1. The predicted molar refractivity (Wildman–Crippen MR) is 53.6 cm³/mol. The minimum Gasteiger partial charge on any atom is -0.382 e. The number of hydrogen-bond acceptors (Lipinski definition) is 1. The molecule has 0 aliphatic heterocycles. The van der Waals surface area contributed by atoms with E-state index in [1.165, 1.54) is 0 Å². The van der Waals surface area contributed by atoms with Gasteiger partial charge in [0, 0.05) is 16.7 Å². The van der Waals surface area contributed by atoms with Crippen LogP contribution in [0.25, 0.3) is 0 Å². The first kappa shape index (κ1) is 9.81. The topological polar surface area (TPSA) is 12.0 Å². The Hall–Kier alpha value is -0.280. The average molecular weight is 253 g/mol. The van der Waals surface area contributed by atoms with Crippen molar-refractivity contribution in [2.45, 2.75) is 0 Å². The first-order valence-corrected chi connectivity index (χ1v) is 4.66. The van der Waals surface area contributed by atoms with Crippen molar-refractivity contribution in [2.75, 3.05) is 18.5 Å². The number of hydrogen-bond donors (Lipinski definition) is 1. The SMILES string of the molecule is FCCNc1ccc(Cl)c(Br)c1. The van der Waals surface area contributed by atoms with Crippen LogP contribution in [0.1, 0.15) is 0 Å². The summed E-state index contributed by atoms with van der Waals surface area (Å²) in [6, 6.07) is 5.38. The van der Waals surface area contributed by atoms with Gasteiger partial charge in [-0.05, 0) is 34.1 Å². The normalized spacial score (nSPS) is 9.92. The molecule has 0 fully saturated rings. The minimum absolute atomic E-state index is 0.327. The number of halogens is 3. The molecule has 0 saturated heterocycles. The van der Waals surface area contributed by atoms with Gasteiger partial charge in [-0.25, -0.2) is 4.39 Å². The molecule has 0 aromatic heterocycles. The number of anilines is 1. The third kappa shape index (κ3) is 2.64. The molecule has 0 atom stereocenters. The molecular formula is C8H8BrClFN. The molecule has 0 spiro atoms. The summed E-state index contributed by atoms with van der Waals surface area (Å²) >= 11 is 9.04. The summed E-state index contributed by atoms with van der Waals surface area (Å²) < 4.78 is 12.6. The lowest BCUT2D eigenvalue weighted by atomic mass is 10.3. The van der Waals surface area contributed by atoms with Crippen LogP contribution in [-0.2, 0) is 0 Å². The third-order valence-corrected chi connectivity index (χ3v) is 2.56. The molecule has 66 valence electrons. The van der Waals surface area contributed by atoms with Crippen molar-refractivity contribution in [3.05, 3.63) is 27.7 Å². The van der Waals surface area contributed by atoms with E-state index in [0.29, 0.717) is 11.6 Å². The smallest absolute Gasteiger partial charge is 0.107 e. The van der Waals surface area contributed by atoms with Crippen LogP contribution >= 0.6 is 27.5 Å². The van der Waals surface area contributed by atoms with Gasteiger partial charge in [0.25, 0.3) is 0 Å². The summed E-state index contributed by atoms with van der Waals surface area (Å²) in [7, 11) is 0. The van der Waals surface area contributed by atoms with Crippen molar-refractivity contribution in [2.24, 2.45) is 0 Å². The monoisotopic (exact) mass is 251 g/mol. The van der Waals surface area contributed by atoms with E-state index in [1.54, 1.807) is 6.07 Å². The van der Waals surface area contributed by atoms with E-state index in [0.717, 1.165) is 10.2 Å². The van der Waals surface area contributed by atoms with Crippen LogP contribution in [0, 0.1) is 0 Å². The van der Waals surface area contributed by atoms with Crippen LogP contribution in [0.3, 0.4) is 0 Å². The Labute approximate surface area is 84.0 Å². The van der Waals surface area contributed by atoms with E-state index in [1.807, 2.05) is 12.1 Å². The summed E-state index contributed by atoms with van der Waals surface area (Å²) in [6.07, 6.45) is 0. The van der Waals surface area contributed by atoms with E-state index >= 15 is 0 Å². The van der Waals surface area contributed by atoms with Crippen molar-refractivity contribution in [3.63, 3.8) is 0 Å². The molecule has 0 aliphatic carbocycles. The van der Waals surface area contributed by atoms with Crippen molar-refractivity contribution in [1.29, 1.82) is 0 Å². The van der Waals surface area contributed by atoms with Gasteiger partial charge in [-0.1, -0.05) is 11.6 Å². The van der Waals surface area contributed by atoms with Crippen LogP contribution in [0.4, 0.5) is 10.1 Å². The standard InChI is InChI=1S/C8H8BrClFN/c9-7-5-6(12-4-3-11)1-2-8(7)10/h1-2,5,12H,3-4H2. The Morgan fingerprint density at radius 1 is 1.50 bits per heavy atom. The van der Waals surface area contributed by atoms with Gasteiger partial charge in [-0.2, -0.15) is 0 Å². The fourth-order valence-corrected chi connectivity index (χ4v) is 1.29. The molecular weight excluding hydrogens is 244 g/mol. The van der Waals surface area contributed by atoms with Crippen molar-refractivity contribution >= 4 is 33.2 Å². The second-order valence-electron chi connectivity index (χ2n) is 2.24. The average Bonchev–Trinajstić information content (AvgIpc) is 2.07. The second-order valence-corrected chi connectivity index (χ2v) is 3.51. The summed E-state index contributed by atoms with van der Waals surface area (Å²) in [5.41, 5.74) is 0.865. The lowest BCUT2D eigenvalue weighted by Crippen LogP contribution is -2.02. The molecule has 0 unspecified atom stereocenters. The van der Waals surface area contributed by atoms with E-state index in [4.69, 9.17) is 11.6 Å². The van der Waals surface area contributed by atoms with E-state index in [2.05, 4.69) is 21.2 Å². The molecule has 0 bridgehead atoms. The highest BCUT2D eigenvalue weighted by Gasteiger charge is 1.97. The van der Waals surface area contributed by atoms with Crippen LogP contribution < -0.4 is 5.32 Å². The Bertz CT molecular complexity index is 267. The zero-order chi connectivity index (χ0) is 8.97. The quantitative estimate of drug-likeness (QED) is 0.868. The molecule has 0 radical (unpaired) electrons. The first-order chi connectivity index (χ1) is 5.74. The largest absolute Gasteiger partial charge is 0.382 e. The highest BCUT2D eigenvalue weighted by Crippen LogP contribution is 2.25. The molecule has 1 nitrogen and oxygen atoms in total. The maximum atomic E-state index is 11.8. The summed E-state index contributed by atoms with van der Waals surface area (Å²) in [4.78, 5) is 0. The van der Waals surface area contributed by atoms with E-state index in [-0.39, 0.29) is 6.67 Å². The molecule has 1 aromatic carbocycles. The van der Waals surface area contributed by atoms with Gasteiger partial charge in [-0.15, -0.1) is 0 Å². The molecule has 4 heteroatoms. The maximum Gasteiger partial charge on any atom is 0.107 e. The lowest BCUT2D eigenvalue weighted by Gasteiger charge is -2.04. The van der Waals surface area contributed by atoms with Gasteiger partial charge in [0.05, 0.1) is 5.02 Å². The van der Waals surface area contributed by atoms with Gasteiger partial charge < -0.3 is 5.32 Å². The highest BCUT2D eigenvalue weighted by atomic mass is 79.9. The molecule has 1 N–H and O–H groups in total. The number of rotatable bonds is 3. The maximum absolute atomic E-state index is 11.8. The molecule has 0 aliphatic rings. The highest BCUT2D eigenvalue weighted by molar-refractivity contribution is 9.10. The van der Waals surface area contributed by atoms with Gasteiger partial charge in [0.15, 0.2) is 0 Å². The summed E-state index contributed by atoms with van der Waals surface area (Å²) in [5.74, 6) is 0. The second kappa shape index (κ2) is 4.67. The molecule has 0 saturated carbocycles. The van der Waals surface area contributed by atoms with Crippen molar-refractivity contribution in [1.82, 2.24) is 0 Å². The Morgan fingerprint density at radius 3 is 2.83 bits per heavy atom. The third-order valence-electron chi connectivity index (χ3n) is 1.34. The Kier molecular flexibility index (Phi) is 3.82. The molecule has 1 rings (SSSR count). The molecule has 1 aromatic rings. The van der Waals surface area contributed by atoms with Crippen LogP contribution in [-0.4, -0.2) is 13.2 Å². The van der Waals surface area contributed by atoms with Gasteiger partial charge in [0.2, 0.25) is 0 Å². The van der Waals surface area contributed by atoms with Crippen LogP contribution in [0.5, 0.6) is 0 Å². The first-order valence-electron chi connectivity index (χ1n) is 3.49. The van der Waals surface area contributed by atoms with E-state index < -0.39 is 0 Å². The van der Waals surface area contributed by atoms with Crippen molar-refractivity contribution < 1.29 is 4.39 Å². The van der Waals surface area contributed by atoms with E-state index in [9.17, 15) is 4.39 Å². The number of benzene rings is 1. The van der Waals surface area contributed by atoms with Gasteiger partial charge in [0.1, 0.15) is 6.67 Å². The molecule has 0 heterocycles. The van der Waals surface area contributed by atoms with Crippen LogP contribution in [0.2, 0.25) is 5.02 Å². The molecule has 12 heavy (non-hydrogen) atoms. The Morgan fingerprint density at radius 2 is 2.25 bits per heavy atom. The fraction of sp³-hybridized carbons (Fsp3) is 0.250. The predicted octanol–water partition coefficient (Wildman–Crippen LogP) is 3.48. The minimum atomic E-state index is -0.375.